The summed E-state index contributed by atoms with van der Waals surface area (Å²) in [5, 5.41) is 0. The molecule has 5 nitrogen and oxygen atoms in total. The van der Waals surface area contributed by atoms with Crippen molar-refractivity contribution in [1.82, 2.24) is 4.72 Å². The van der Waals surface area contributed by atoms with E-state index in [1.165, 1.54) is 6.07 Å². The Hall–Kier alpha value is -1.82. The number of carbonyl (C=O) groups excluding carboxylic acids is 1. The molecule has 1 fully saturated rings. The number of nitrogens with zero attached hydrogens (tertiary/aromatic N) is 1. The molecule has 1 saturated carbocycles. The van der Waals surface area contributed by atoms with Crippen LogP contribution in [0.3, 0.4) is 0 Å². The third-order valence-electron chi connectivity index (χ3n) is 4.91. The molecular weight excluding hydrogens is 324 g/mol. The molecule has 24 heavy (non-hydrogen) atoms. The Bertz CT molecular complexity index is 763. The van der Waals surface area contributed by atoms with E-state index in [1.807, 2.05) is 20.8 Å². The predicted octanol–water partition coefficient (Wildman–Crippen LogP) is 2.80. The number of hydrogen-bond acceptors (Lipinski definition) is 4. The van der Waals surface area contributed by atoms with Gasteiger partial charge in [-0.05, 0) is 29.9 Å². The summed E-state index contributed by atoms with van der Waals surface area (Å²) >= 11 is 0. The monoisotopic (exact) mass is 350 g/mol. The quantitative estimate of drug-likeness (QED) is 0.829. The Morgan fingerprint density at radius 2 is 1.92 bits per heavy atom. The van der Waals surface area contributed by atoms with E-state index in [2.05, 4.69) is 11.3 Å². The van der Waals surface area contributed by atoms with E-state index in [0.717, 1.165) is 0 Å². The highest BCUT2D eigenvalue weighted by Crippen LogP contribution is 2.64. The summed E-state index contributed by atoms with van der Waals surface area (Å²) in [6, 6.07) is 6.63. The zero-order valence-corrected chi connectivity index (χ0v) is 15.8. The van der Waals surface area contributed by atoms with Crippen LogP contribution in [-0.4, -0.2) is 28.4 Å². The van der Waals surface area contributed by atoms with Crippen molar-refractivity contribution < 1.29 is 13.2 Å². The van der Waals surface area contributed by atoms with Crippen LogP contribution < -0.4 is 9.62 Å². The van der Waals surface area contributed by atoms with Gasteiger partial charge in [0.2, 0.25) is 5.91 Å². The summed E-state index contributed by atoms with van der Waals surface area (Å²) in [6.07, 6.45) is 2.36. The molecule has 0 heterocycles. The fourth-order valence-electron chi connectivity index (χ4n) is 3.36. The van der Waals surface area contributed by atoms with Crippen molar-refractivity contribution in [2.75, 3.05) is 19.0 Å². The maximum absolute atomic E-state index is 12.9. The third kappa shape index (κ3) is 2.95. The van der Waals surface area contributed by atoms with E-state index in [9.17, 15) is 13.2 Å². The largest absolute Gasteiger partial charge is 0.377 e. The molecule has 0 aliphatic heterocycles. The molecule has 0 radical (unpaired) electrons. The zero-order valence-electron chi connectivity index (χ0n) is 15.0. The summed E-state index contributed by atoms with van der Waals surface area (Å²) in [5.41, 5.74) is -0.541. The van der Waals surface area contributed by atoms with Gasteiger partial charge in [-0.1, -0.05) is 39.0 Å². The number of hydrogen-bond donors (Lipinski definition) is 1. The van der Waals surface area contributed by atoms with Gasteiger partial charge in [0, 0.05) is 14.1 Å². The van der Waals surface area contributed by atoms with Crippen LogP contribution in [0.5, 0.6) is 0 Å². The standard InChI is InChI=1S/C18H26N2O3S/c1-7-13-12-18(13,17(2,3)4)16(21)19-24(22,23)15-11-9-8-10-14(15)20(5)6/h7-11,13H,1,12H2,2-6H3,(H,19,21)/t13-,18-/m1/s1. The Morgan fingerprint density at radius 3 is 2.38 bits per heavy atom. The molecule has 1 aliphatic rings. The van der Waals surface area contributed by atoms with E-state index < -0.39 is 21.3 Å². The number of benzene rings is 1. The van der Waals surface area contributed by atoms with Gasteiger partial charge in [-0.15, -0.1) is 6.58 Å². The topological polar surface area (TPSA) is 66.5 Å². The molecule has 1 aliphatic carbocycles. The van der Waals surface area contributed by atoms with E-state index in [4.69, 9.17) is 0 Å². The van der Waals surface area contributed by atoms with Gasteiger partial charge in [0.1, 0.15) is 4.90 Å². The first kappa shape index (κ1) is 18.5. The molecule has 0 aromatic heterocycles. The van der Waals surface area contributed by atoms with Gasteiger partial charge in [0.05, 0.1) is 11.1 Å². The number of rotatable bonds is 5. The third-order valence-corrected chi connectivity index (χ3v) is 6.28. The van der Waals surface area contributed by atoms with Gasteiger partial charge in [-0.25, -0.2) is 13.1 Å². The molecule has 1 amide bonds. The summed E-state index contributed by atoms with van der Waals surface area (Å²) in [4.78, 5) is 14.7. The van der Waals surface area contributed by atoms with E-state index in [1.54, 1.807) is 43.3 Å². The second-order valence-electron chi connectivity index (χ2n) is 7.56. The minimum absolute atomic E-state index is 0.00297. The lowest BCUT2D eigenvalue weighted by Crippen LogP contribution is -2.43. The second-order valence-corrected chi connectivity index (χ2v) is 9.22. The van der Waals surface area contributed by atoms with Crippen LogP contribution in [-0.2, 0) is 14.8 Å². The molecule has 0 spiro atoms. The van der Waals surface area contributed by atoms with Gasteiger partial charge in [-0.3, -0.25) is 4.79 Å². The number of para-hydroxylation sites is 1. The van der Waals surface area contributed by atoms with Crippen molar-refractivity contribution in [1.29, 1.82) is 0 Å². The average Bonchev–Trinajstić information content (AvgIpc) is 3.22. The van der Waals surface area contributed by atoms with E-state index >= 15 is 0 Å². The maximum atomic E-state index is 12.9. The molecule has 2 atom stereocenters. The lowest BCUT2D eigenvalue weighted by Gasteiger charge is -2.31. The van der Waals surface area contributed by atoms with Crippen LogP contribution in [0.25, 0.3) is 0 Å². The molecule has 2 rings (SSSR count). The highest BCUT2D eigenvalue weighted by Gasteiger charge is 2.65. The Labute approximate surface area is 144 Å². The van der Waals surface area contributed by atoms with Gasteiger partial charge >= 0.3 is 0 Å². The van der Waals surface area contributed by atoms with Crippen LogP contribution >= 0.6 is 0 Å². The van der Waals surface area contributed by atoms with Gasteiger partial charge in [0.15, 0.2) is 0 Å². The SMILES string of the molecule is C=C[C@@H]1C[C@@]1(C(=O)NS(=O)(=O)c1ccccc1N(C)C)C(C)(C)C. The van der Waals surface area contributed by atoms with Gasteiger partial charge in [-0.2, -0.15) is 0 Å². The summed E-state index contributed by atoms with van der Waals surface area (Å²) in [7, 11) is -0.415. The van der Waals surface area contributed by atoms with Crippen molar-refractivity contribution in [2.24, 2.45) is 16.7 Å². The predicted molar refractivity (Wildman–Crippen MR) is 96.3 cm³/mol. The smallest absolute Gasteiger partial charge is 0.266 e. The maximum Gasteiger partial charge on any atom is 0.266 e. The van der Waals surface area contributed by atoms with E-state index in [-0.39, 0.29) is 16.2 Å². The number of allylic oxidation sites excluding steroid dienone is 1. The highest BCUT2D eigenvalue weighted by molar-refractivity contribution is 7.90. The number of carbonyl (C=O) groups is 1. The average molecular weight is 350 g/mol. The van der Waals surface area contributed by atoms with Crippen molar-refractivity contribution in [3.05, 3.63) is 36.9 Å². The highest BCUT2D eigenvalue weighted by atomic mass is 32.2. The minimum Gasteiger partial charge on any atom is -0.377 e. The fourth-order valence-corrected chi connectivity index (χ4v) is 4.68. The molecule has 132 valence electrons. The van der Waals surface area contributed by atoms with Crippen LogP contribution in [0.4, 0.5) is 5.69 Å². The van der Waals surface area contributed by atoms with Crippen molar-refractivity contribution >= 4 is 21.6 Å². The summed E-state index contributed by atoms with van der Waals surface area (Å²) < 4.78 is 27.9. The van der Waals surface area contributed by atoms with Crippen molar-refractivity contribution in [3.8, 4) is 0 Å². The number of sulfonamides is 1. The molecule has 0 saturated heterocycles. The van der Waals surface area contributed by atoms with Gasteiger partial charge < -0.3 is 4.90 Å². The normalized spacial score (nSPS) is 23.5. The first-order valence-corrected chi connectivity index (χ1v) is 9.42. The second kappa shape index (κ2) is 5.92. The molecule has 0 unspecified atom stereocenters. The molecule has 6 heteroatoms. The lowest BCUT2D eigenvalue weighted by atomic mass is 9.75. The molecular formula is C18H26N2O3S. The van der Waals surface area contributed by atoms with Crippen LogP contribution in [0.1, 0.15) is 27.2 Å². The van der Waals surface area contributed by atoms with E-state index in [0.29, 0.717) is 12.1 Å². The Balaban J connectivity index is 2.37. The Kier molecular flexibility index (Phi) is 4.57. The zero-order chi connectivity index (χ0) is 18.3. The molecule has 1 aromatic carbocycles. The first-order valence-electron chi connectivity index (χ1n) is 7.93. The number of anilines is 1. The first-order chi connectivity index (χ1) is 11.0. The minimum atomic E-state index is -3.95. The molecule has 1 N–H and O–H groups in total. The summed E-state index contributed by atoms with van der Waals surface area (Å²) in [6.45, 7) is 9.63. The van der Waals surface area contributed by atoms with Crippen LogP contribution in [0.2, 0.25) is 0 Å². The fraction of sp³-hybridized carbons (Fsp3) is 0.500. The Morgan fingerprint density at radius 1 is 1.33 bits per heavy atom. The number of amides is 1. The van der Waals surface area contributed by atoms with Crippen molar-refractivity contribution in [3.63, 3.8) is 0 Å². The van der Waals surface area contributed by atoms with Crippen LogP contribution in [0.15, 0.2) is 41.8 Å². The van der Waals surface area contributed by atoms with Crippen molar-refractivity contribution in [2.45, 2.75) is 32.1 Å². The molecule has 1 aromatic rings. The lowest BCUT2D eigenvalue weighted by molar-refractivity contribution is -0.128. The summed E-state index contributed by atoms with van der Waals surface area (Å²) in [5.74, 6) is -0.453. The van der Waals surface area contributed by atoms with Gasteiger partial charge in [0.25, 0.3) is 10.0 Å². The van der Waals surface area contributed by atoms with Crippen LogP contribution in [0, 0.1) is 16.7 Å². The molecule has 0 bridgehead atoms. The number of nitrogens with one attached hydrogen (secondary N) is 1.